The second kappa shape index (κ2) is 7.37. The first-order valence-electron chi connectivity index (χ1n) is 6.22. The van der Waals surface area contributed by atoms with Crippen LogP contribution in [0.3, 0.4) is 0 Å². The van der Waals surface area contributed by atoms with E-state index in [1.807, 2.05) is 0 Å². The Labute approximate surface area is 119 Å². The van der Waals surface area contributed by atoms with E-state index in [-0.39, 0.29) is 5.75 Å². The van der Waals surface area contributed by atoms with Crippen molar-refractivity contribution in [3.8, 4) is 0 Å². The zero-order valence-electron chi connectivity index (χ0n) is 11.7. The highest BCUT2D eigenvalue weighted by Gasteiger charge is 2.18. The van der Waals surface area contributed by atoms with Crippen molar-refractivity contribution in [2.45, 2.75) is 12.2 Å². The van der Waals surface area contributed by atoms with E-state index in [9.17, 15) is 13.2 Å². The third kappa shape index (κ3) is 4.59. The maximum absolute atomic E-state index is 12.1. The summed E-state index contributed by atoms with van der Waals surface area (Å²) in [5, 5.41) is 0. The summed E-state index contributed by atoms with van der Waals surface area (Å²) in [4.78, 5) is 11.3. The molecule has 0 unspecified atom stereocenters. The van der Waals surface area contributed by atoms with Crippen molar-refractivity contribution in [2.75, 3.05) is 27.2 Å². The molecular weight excluding hydrogens is 280 g/mol. The van der Waals surface area contributed by atoms with Gasteiger partial charge in [0.15, 0.2) is 0 Å². The normalized spacial score (nSPS) is 11.6. The highest BCUT2D eigenvalue weighted by atomic mass is 32.2. The van der Waals surface area contributed by atoms with E-state index >= 15 is 0 Å². The molecule has 7 heteroatoms. The van der Waals surface area contributed by atoms with Gasteiger partial charge < -0.3 is 10.5 Å². The molecule has 0 saturated carbocycles. The Morgan fingerprint density at radius 3 is 2.40 bits per heavy atom. The molecule has 1 aromatic rings. The first kappa shape index (κ1) is 16.6. The van der Waals surface area contributed by atoms with Crippen molar-refractivity contribution in [1.82, 2.24) is 4.31 Å². The molecule has 1 rings (SSSR count). The molecule has 0 aliphatic rings. The molecule has 0 radical (unpaired) electrons. The minimum absolute atomic E-state index is 0.102. The van der Waals surface area contributed by atoms with Crippen LogP contribution in [0.25, 0.3) is 0 Å². The van der Waals surface area contributed by atoms with Gasteiger partial charge in [0.05, 0.1) is 18.4 Å². The highest BCUT2D eigenvalue weighted by Crippen LogP contribution is 2.12. The van der Waals surface area contributed by atoms with Crippen LogP contribution in [0.2, 0.25) is 0 Å². The molecule has 1 aromatic carbocycles. The molecule has 0 fully saturated rings. The molecule has 0 aliphatic heterocycles. The molecule has 2 N–H and O–H groups in total. The summed E-state index contributed by atoms with van der Waals surface area (Å²) in [6.07, 6.45) is 0.622. The number of benzene rings is 1. The van der Waals surface area contributed by atoms with Crippen molar-refractivity contribution in [2.24, 2.45) is 5.73 Å². The summed E-state index contributed by atoms with van der Waals surface area (Å²) < 4.78 is 30.0. The number of hydrogen-bond acceptors (Lipinski definition) is 5. The van der Waals surface area contributed by atoms with E-state index in [0.717, 1.165) is 0 Å². The van der Waals surface area contributed by atoms with Gasteiger partial charge in [0.25, 0.3) is 0 Å². The van der Waals surface area contributed by atoms with E-state index in [1.165, 1.54) is 18.5 Å². The van der Waals surface area contributed by atoms with Crippen molar-refractivity contribution in [1.29, 1.82) is 0 Å². The summed E-state index contributed by atoms with van der Waals surface area (Å²) in [6.45, 7) is 0.854. The molecule has 20 heavy (non-hydrogen) atoms. The minimum Gasteiger partial charge on any atom is -0.465 e. The second-order valence-electron chi connectivity index (χ2n) is 4.41. The predicted molar refractivity (Wildman–Crippen MR) is 76.7 cm³/mol. The number of hydrogen-bond donors (Lipinski definition) is 1. The van der Waals surface area contributed by atoms with Gasteiger partial charge in [0.2, 0.25) is 10.0 Å². The number of nitrogens with zero attached hydrogens (tertiary/aromatic N) is 1. The zero-order valence-corrected chi connectivity index (χ0v) is 12.5. The van der Waals surface area contributed by atoms with E-state index in [1.54, 1.807) is 24.3 Å². The monoisotopic (exact) mass is 300 g/mol. The van der Waals surface area contributed by atoms with Crippen LogP contribution in [0, 0.1) is 0 Å². The third-order valence-electron chi connectivity index (χ3n) is 2.88. The van der Waals surface area contributed by atoms with Gasteiger partial charge in [-0.1, -0.05) is 12.1 Å². The Morgan fingerprint density at radius 2 is 1.90 bits per heavy atom. The number of ether oxygens (including phenoxy) is 1. The van der Waals surface area contributed by atoms with Crippen LogP contribution in [0.5, 0.6) is 0 Å². The lowest BCUT2D eigenvalue weighted by atomic mass is 10.1. The Kier molecular flexibility index (Phi) is 6.12. The molecule has 6 nitrogen and oxygen atoms in total. The van der Waals surface area contributed by atoms with Crippen molar-refractivity contribution >= 4 is 16.0 Å². The number of carbonyl (C=O) groups excluding carboxylic acids is 1. The Hall–Kier alpha value is -1.44. The Bertz CT molecular complexity index is 540. The average Bonchev–Trinajstić information content (AvgIpc) is 2.44. The fraction of sp³-hybridized carbons (Fsp3) is 0.462. The van der Waals surface area contributed by atoms with Crippen molar-refractivity contribution in [3.63, 3.8) is 0 Å². The molecule has 0 aliphatic carbocycles. The van der Waals surface area contributed by atoms with E-state index in [2.05, 4.69) is 4.74 Å². The predicted octanol–water partition coefficient (Wildman–Crippen LogP) is 0.584. The van der Waals surface area contributed by atoms with Gasteiger partial charge in [-0.05, 0) is 30.7 Å². The smallest absolute Gasteiger partial charge is 0.337 e. The van der Waals surface area contributed by atoms with E-state index in [4.69, 9.17) is 5.73 Å². The van der Waals surface area contributed by atoms with Crippen LogP contribution in [-0.2, 0) is 20.5 Å². The fourth-order valence-corrected chi connectivity index (χ4v) is 2.87. The van der Waals surface area contributed by atoms with Gasteiger partial charge in [0.1, 0.15) is 0 Å². The van der Waals surface area contributed by atoms with Gasteiger partial charge in [-0.3, -0.25) is 0 Å². The van der Waals surface area contributed by atoms with Crippen LogP contribution < -0.4 is 5.73 Å². The van der Waals surface area contributed by atoms with Crippen LogP contribution in [0.15, 0.2) is 24.3 Å². The van der Waals surface area contributed by atoms with Crippen molar-refractivity contribution < 1.29 is 17.9 Å². The number of nitrogens with two attached hydrogens (primary N) is 1. The van der Waals surface area contributed by atoms with Crippen LogP contribution >= 0.6 is 0 Å². The lowest BCUT2D eigenvalue weighted by Crippen LogP contribution is -2.30. The molecule has 0 atom stereocenters. The maximum atomic E-state index is 12.1. The Morgan fingerprint density at radius 1 is 1.30 bits per heavy atom. The molecule has 0 saturated heterocycles. The van der Waals surface area contributed by atoms with Crippen LogP contribution in [0.1, 0.15) is 22.3 Å². The summed E-state index contributed by atoms with van der Waals surface area (Å²) in [5.74, 6) is -0.547. The fourth-order valence-electron chi connectivity index (χ4n) is 1.63. The summed E-state index contributed by atoms with van der Waals surface area (Å²) in [7, 11) is -0.528. The van der Waals surface area contributed by atoms with Crippen LogP contribution in [0.4, 0.5) is 0 Å². The minimum atomic E-state index is -3.36. The van der Waals surface area contributed by atoms with Gasteiger partial charge in [-0.15, -0.1) is 0 Å². The standard InChI is InChI=1S/C13H20N2O4S/c1-15(9-3-8-14)20(17,18)10-11-4-6-12(7-5-11)13(16)19-2/h4-7H,3,8-10,14H2,1-2H3. The lowest BCUT2D eigenvalue weighted by Gasteiger charge is -2.16. The molecule has 112 valence electrons. The van der Waals surface area contributed by atoms with Gasteiger partial charge in [0, 0.05) is 13.6 Å². The molecule has 0 spiro atoms. The Balaban J connectivity index is 2.75. The molecular formula is C13H20N2O4S. The summed E-state index contributed by atoms with van der Waals surface area (Å²) in [5.41, 5.74) is 6.38. The zero-order chi connectivity index (χ0) is 15.2. The first-order valence-corrected chi connectivity index (χ1v) is 7.83. The largest absolute Gasteiger partial charge is 0.465 e. The molecule has 0 aromatic heterocycles. The SMILES string of the molecule is COC(=O)c1ccc(CS(=O)(=O)N(C)CCCN)cc1. The van der Waals surface area contributed by atoms with E-state index in [0.29, 0.717) is 30.6 Å². The average molecular weight is 300 g/mol. The maximum Gasteiger partial charge on any atom is 0.337 e. The second-order valence-corrected chi connectivity index (χ2v) is 6.48. The third-order valence-corrected chi connectivity index (χ3v) is 4.71. The number of esters is 1. The molecule has 0 amide bonds. The first-order chi connectivity index (χ1) is 9.40. The number of methoxy groups -OCH3 is 1. The quantitative estimate of drug-likeness (QED) is 0.744. The highest BCUT2D eigenvalue weighted by molar-refractivity contribution is 7.88. The topological polar surface area (TPSA) is 89.7 Å². The van der Waals surface area contributed by atoms with E-state index < -0.39 is 16.0 Å². The summed E-state index contributed by atoms with van der Waals surface area (Å²) >= 11 is 0. The van der Waals surface area contributed by atoms with Crippen molar-refractivity contribution in [3.05, 3.63) is 35.4 Å². The number of sulfonamides is 1. The number of rotatable bonds is 7. The molecule has 0 bridgehead atoms. The van der Waals surface area contributed by atoms with Crippen LogP contribution in [-0.4, -0.2) is 45.9 Å². The number of carbonyl (C=O) groups is 1. The van der Waals surface area contributed by atoms with Gasteiger partial charge in [-0.2, -0.15) is 0 Å². The molecule has 0 heterocycles. The lowest BCUT2D eigenvalue weighted by molar-refractivity contribution is 0.0600. The summed E-state index contributed by atoms with van der Waals surface area (Å²) in [6, 6.07) is 6.33. The van der Waals surface area contributed by atoms with Gasteiger partial charge >= 0.3 is 5.97 Å². The van der Waals surface area contributed by atoms with Gasteiger partial charge in [-0.25, -0.2) is 17.5 Å².